The minimum Gasteiger partial charge on any atom is -0.452 e. The third-order valence-corrected chi connectivity index (χ3v) is 7.39. The molecule has 1 N–H and O–H groups in total. The van der Waals surface area contributed by atoms with Gasteiger partial charge in [-0.15, -0.1) is 0 Å². The van der Waals surface area contributed by atoms with Gasteiger partial charge in [-0.1, -0.05) is 30.9 Å². The van der Waals surface area contributed by atoms with E-state index in [9.17, 15) is 18.0 Å². The molecule has 1 aromatic rings. The molecular formula is C19H25ClN2O5S. The van der Waals surface area contributed by atoms with Crippen LogP contribution in [0, 0.1) is 0 Å². The maximum Gasteiger partial charge on any atom is 0.340 e. The number of carbonyl (C=O) groups excluding carboxylic acids is 2. The standard InChI is InChI=1S/C19H25ClN2O5S/c20-17-9-8-15(28(25,26)22-10-4-1-5-11-22)12-16(17)19(24)27-13-18(23)21-14-6-2-3-7-14/h8-9,12,14H,1-7,10-11,13H2,(H,21,23). The second-order valence-corrected chi connectivity index (χ2v) is 9.58. The molecule has 2 aliphatic rings. The van der Waals surface area contributed by atoms with E-state index in [0.29, 0.717) is 13.1 Å². The number of piperidine rings is 1. The number of carbonyl (C=O) groups is 2. The molecule has 9 heteroatoms. The summed E-state index contributed by atoms with van der Waals surface area (Å²) in [5.41, 5.74) is -0.0617. The van der Waals surface area contributed by atoms with Crippen LogP contribution in [0.2, 0.25) is 5.02 Å². The first kappa shape index (κ1) is 21.1. The Morgan fingerprint density at radius 2 is 1.79 bits per heavy atom. The number of ether oxygens (including phenoxy) is 1. The highest BCUT2D eigenvalue weighted by Gasteiger charge is 2.27. The summed E-state index contributed by atoms with van der Waals surface area (Å²) in [5, 5.41) is 2.91. The molecule has 1 saturated heterocycles. The van der Waals surface area contributed by atoms with Crippen LogP contribution in [-0.2, 0) is 19.6 Å². The van der Waals surface area contributed by atoms with Crippen molar-refractivity contribution in [3.05, 3.63) is 28.8 Å². The van der Waals surface area contributed by atoms with Crippen molar-refractivity contribution in [3.63, 3.8) is 0 Å². The zero-order valence-corrected chi connectivity index (χ0v) is 17.2. The maximum absolute atomic E-state index is 12.8. The third-order valence-electron chi connectivity index (χ3n) is 5.17. The molecule has 0 radical (unpaired) electrons. The fourth-order valence-electron chi connectivity index (χ4n) is 3.62. The molecule has 7 nitrogen and oxygen atoms in total. The van der Waals surface area contributed by atoms with Gasteiger partial charge in [-0.25, -0.2) is 13.2 Å². The van der Waals surface area contributed by atoms with Gasteiger partial charge in [-0.2, -0.15) is 4.31 Å². The van der Waals surface area contributed by atoms with Crippen molar-refractivity contribution in [3.8, 4) is 0 Å². The van der Waals surface area contributed by atoms with Gasteiger partial charge in [-0.05, 0) is 43.9 Å². The predicted molar refractivity (Wildman–Crippen MR) is 105 cm³/mol. The highest BCUT2D eigenvalue weighted by Crippen LogP contribution is 2.25. The van der Waals surface area contributed by atoms with Crippen LogP contribution in [0.25, 0.3) is 0 Å². The number of hydrogen-bond acceptors (Lipinski definition) is 5. The van der Waals surface area contributed by atoms with E-state index in [-0.39, 0.29) is 27.4 Å². The van der Waals surface area contributed by atoms with Gasteiger partial charge >= 0.3 is 5.97 Å². The zero-order chi connectivity index (χ0) is 20.1. The molecule has 1 aliphatic carbocycles. The fraction of sp³-hybridized carbons (Fsp3) is 0.579. The van der Waals surface area contributed by atoms with E-state index >= 15 is 0 Å². The Morgan fingerprint density at radius 1 is 1.11 bits per heavy atom. The average Bonchev–Trinajstić information content (AvgIpc) is 3.20. The summed E-state index contributed by atoms with van der Waals surface area (Å²) in [5.74, 6) is -1.18. The van der Waals surface area contributed by atoms with Crippen LogP contribution in [0.3, 0.4) is 0 Å². The highest BCUT2D eigenvalue weighted by molar-refractivity contribution is 7.89. The van der Waals surface area contributed by atoms with Gasteiger partial charge in [-0.3, -0.25) is 4.79 Å². The first-order chi connectivity index (χ1) is 13.4. The Morgan fingerprint density at radius 3 is 2.46 bits per heavy atom. The van der Waals surface area contributed by atoms with Crippen molar-refractivity contribution in [2.45, 2.75) is 55.9 Å². The number of hydrogen-bond donors (Lipinski definition) is 1. The third kappa shape index (κ3) is 5.04. The van der Waals surface area contributed by atoms with Crippen LogP contribution < -0.4 is 5.32 Å². The van der Waals surface area contributed by atoms with E-state index in [1.807, 2.05) is 0 Å². The molecule has 2 fully saturated rings. The smallest absolute Gasteiger partial charge is 0.340 e. The SMILES string of the molecule is O=C(COC(=O)c1cc(S(=O)(=O)N2CCCCC2)ccc1Cl)NC1CCCC1. The summed E-state index contributed by atoms with van der Waals surface area (Å²) in [7, 11) is -3.69. The quantitative estimate of drug-likeness (QED) is 0.703. The van der Waals surface area contributed by atoms with Crippen LogP contribution in [0.1, 0.15) is 55.3 Å². The highest BCUT2D eigenvalue weighted by atomic mass is 35.5. The van der Waals surface area contributed by atoms with E-state index in [4.69, 9.17) is 16.3 Å². The maximum atomic E-state index is 12.8. The molecule has 1 aromatic carbocycles. The van der Waals surface area contributed by atoms with Gasteiger partial charge in [0.25, 0.3) is 5.91 Å². The number of rotatable bonds is 6. The van der Waals surface area contributed by atoms with Crippen molar-refractivity contribution in [2.24, 2.45) is 0 Å². The summed E-state index contributed by atoms with van der Waals surface area (Å²) in [6, 6.07) is 4.11. The van der Waals surface area contributed by atoms with E-state index in [2.05, 4.69) is 5.32 Å². The Labute approximate surface area is 170 Å². The molecule has 0 unspecified atom stereocenters. The minimum absolute atomic E-state index is 0.00107. The average molecular weight is 429 g/mol. The molecule has 154 valence electrons. The monoisotopic (exact) mass is 428 g/mol. The second kappa shape index (κ2) is 9.24. The lowest BCUT2D eigenvalue weighted by Gasteiger charge is -2.26. The molecule has 3 rings (SSSR count). The Balaban J connectivity index is 1.66. The lowest BCUT2D eigenvalue weighted by Crippen LogP contribution is -2.36. The van der Waals surface area contributed by atoms with E-state index in [1.54, 1.807) is 0 Å². The molecule has 0 aromatic heterocycles. The molecule has 0 spiro atoms. The van der Waals surface area contributed by atoms with Crippen molar-refractivity contribution in [1.82, 2.24) is 9.62 Å². The number of amides is 1. The summed E-state index contributed by atoms with van der Waals surface area (Å²) in [6.07, 6.45) is 6.67. The molecule has 0 atom stereocenters. The van der Waals surface area contributed by atoms with Gasteiger partial charge in [0.05, 0.1) is 15.5 Å². The molecule has 1 aliphatic heterocycles. The molecule has 1 heterocycles. The number of esters is 1. The van der Waals surface area contributed by atoms with E-state index in [1.165, 1.54) is 22.5 Å². The van der Waals surface area contributed by atoms with Crippen molar-refractivity contribution in [1.29, 1.82) is 0 Å². The van der Waals surface area contributed by atoms with Crippen LogP contribution in [-0.4, -0.2) is 50.3 Å². The fourth-order valence-corrected chi connectivity index (χ4v) is 5.36. The minimum atomic E-state index is -3.69. The number of nitrogens with one attached hydrogen (secondary N) is 1. The first-order valence-electron chi connectivity index (χ1n) is 9.64. The topological polar surface area (TPSA) is 92.8 Å². The summed E-state index contributed by atoms with van der Waals surface area (Å²) < 4.78 is 32.1. The van der Waals surface area contributed by atoms with Crippen LogP contribution in [0.5, 0.6) is 0 Å². The predicted octanol–water partition coefficient (Wildman–Crippen LogP) is 2.73. The van der Waals surface area contributed by atoms with E-state index in [0.717, 1.165) is 44.9 Å². The largest absolute Gasteiger partial charge is 0.452 e. The molecule has 1 saturated carbocycles. The Bertz CT molecular complexity index is 831. The normalized spacial score (nSPS) is 18.8. The zero-order valence-electron chi connectivity index (χ0n) is 15.7. The van der Waals surface area contributed by atoms with Gasteiger partial charge < -0.3 is 10.1 Å². The Kier molecular flexibility index (Phi) is 6.95. The molecule has 28 heavy (non-hydrogen) atoms. The summed E-state index contributed by atoms with van der Waals surface area (Å²) >= 11 is 6.07. The molecule has 0 bridgehead atoms. The van der Waals surface area contributed by atoms with Crippen LogP contribution >= 0.6 is 11.6 Å². The number of sulfonamides is 1. The van der Waals surface area contributed by atoms with Crippen molar-refractivity contribution >= 4 is 33.5 Å². The van der Waals surface area contributed by atoms with Crippen LogP contribution in [0.15, 0.2) is 23.1 Å². The number of halogens is 1. The molecular weight excluding hydrogens is 404 g/mol. The first-order valence-corrected chi connectivity index (χ1v) is 11.5. The van der Waals surface area contributed by atoms with Gasteiger partial charge in [0.15, 0.2) is 6.61 Å². The van der Waals surface area contributed by atoms with Gasteiger partial charge in [0, 0.05) is 19.1 Å². The second-order valence-electron chi connectivity index (χ2n) is 7.23. The Hall–Kier alpha value is -1.64. The van der Waals surface area contributed by atoms with Crippen LogP contribution in [0.4, 0.5) is 0 Å². The van der Waals surface area contributed by atoms with Crippen molar-refractivity contribution in [2.75, 3.05) is 19.7 Å². The summed E-state index contributed by atoms with van der Waals surface area (Å²) in [4.78, 5) is 24.3. The number of benzene rings is 1. The van der Waals surface area contributed by atoms with E-state index < -0.39 is 22.6 Å². The van der Waals surface area contributed by atoms with Gasteiger partial charge in [0.1, 0.15) is 0 Å². The van der Waals surface area contributed by atoms with Gasteiger partial charge in [0.2, 0.25) is 10.0 Å². The summed E-state index contributed by atoms with van der Waals surface area (Å²) in [6.45, 7) is 0.507. The van der Waals surface area contributed by atoms with Crippen molar-refractivity contribution < 1.29 is 22.7 Å². The lowest BCUT2D eigenvalue weighted by atomic mass is 10.2. The number of nitrogens with zero attached hydrogens (tertiary/aromatic N) is 1. The molecule has 1 amide bonds. The lowest BCUT2D eigenvalue weighted by molar-refractivity contribution is -0.124.